The molecule has 30 heavy (non-hydrogen) atoms. The third-order valence-electron chi connectivity index (χ3n) is 4.40. The van der Waals surface area contributed by atoms with Gasteiger partial charge in [0.05, 0.1) is 12.5 Å². The van der Waals surface area contributed by atoms with E-state index in [0.717, 1.165) is 24.0 Å². The van der Waals surface area contributed by atoms with E-state index in [0.29, 0.717) is 6.61 Å². The molecular formula is C24H27FN2O3. The minimum atomic E-state index is -0.420. The largest absolute Gasteiger partial charge is 0.378 e. The summed E-state index contributed by atoms with van der Waals surface area (Å²) in [4.78, 5) is 15.3. The monoisotopic (exact) mass is 410 g/mol. The number of nitrogens with zero attached hydrogens (tertiary/aromatic N) is 1. The molecule has 3 rings (SSSR count). The second-order valence-corrected chi connectivity index (χ2v) is 6.58. The van der Waals surface area contributed by atoms with Crippen LogP contribution in [-0.2, 0) is 16.0 Å². The highest BCUT2D eigenvalue weighted by atomic mass is 19.1. The Morgan fingerprint density at radius 2 is 1.67 bits per heavy atom. The zero-order chi connectivity index (χ0) is 21.6. The van der Waals surface area contributed by atoms with Gasteiger partial charge in [0.25, 0.3) is 0 Å². The number of halogens is 1. The van der Waals surface area contributed by atoms with E-state index in [1.807, 2.05) is 19.1 Å². The van der Waals surface area contributed by atoms with Crippen LogP contribution in [0.2, 0.25) is 0 Å². The highest BCUT2D eigenvalue weighted by Crippen LogP contribution is 2.20. The second-order valence-electron chi connectivity index (χ2n) is 6.58. The van der Waals surface area contributed by atoms with Gasteiger partial charge in [0, 0.05) is 19.0 Å². The Balaban J connectivity index is 0.000000386. The van der Waals surface area contributed by atoms with Gasteiger partial charge in [-0.1, -0.05) is 42.5 Å². The maximum atomic E-state index is 11.9. The maximum absolute atomic E-state index is 11.9. The summed E-state index contributed by atoms with van der Waals surface area (Å²) in [5.41, 5.74) is 5.13. The molecule has 0 saturated heterocycles. The quantitative estimate of drug-likeness (QED) is 0.413. The normalized spacial score (nSPS) is 11.2. The molecule has 0 spiro atoms. The summed E-state index contributed by atoms with van der Waals surface area (Å²) in [7, 11) is 0. The molecule has 6 heteroatoms. The summed E-state index contributed by atoms with van der Waals surface area (Å²) in [5.74, 6) is -0.598. The van der Waals surface area contributed by atoms with Crippen molar-refractivity contribution in [3.05, 3.63) is 90.5 Å². The lowest BCUT2D eigenvalue weighted by molar-refractivity contribution is -0.132. The van der Waals surface area contributed by atoms with E-state index in [2.05, 4.69) is 29.2 Å². The minimum Gasteiger partial charge on any atom is -0.378 e. The van der Waals surface area contributed by atoms with Gasteiger partial charge in [-0.2, -0.15) is 0 Å². The van der Waals surface area contributed by atoms with Gasteiger partial charge in [-0.3, -0.25) is 15.0 Å². The second kappa shape index (κ2) is 13.2. The molecule has 1 aromatic heterocycles. The number of benzene rings is 2. The van der Waals surface area contributed by atoms with Crippen LogP contribution in [0, 0.1) is 5.82 Å². The molecule has 0 aliphatic heterocycles. The highest BCUT2D eigenvalue weighted by Gasteiger charge is 2.13. The van der Waals surface area contributed by atoms with Crippen LogP contribution < -0.4 is 5.48 Å². The molecule has 3 aromatic rings. The number of hydrogen-bond donors (Lipinski definition) is 2. The number of carbonyl (C=O) groups excluding carboxylic acids is 1. The fraction of sp³-hybridized carbons (Fsp3) is 0.250. The first-order chi connectivity index (χ1) is 14.6. The van der Waals surface area contributed by atoms with Crippen LogP contribution in [0.15, 0.2) is 79.1 Å². The van der Waals surface area contributed by atoms with Crippen LogP contribution in [-0.4, -0.2) is 28.8 Å². The highest BCUT2D eigenvalue weighted by molar-refractivity contribution is 5.75. The Labute approximate surface area is 176 Å². The molecular weight excluding hydrogens is 383 g/mol. The Hall–Kier alpha value is -3.09. The summed E-state index contributed by atoms with van der Waals surface area (Å²) in [6, 6.07) is 20.2. The van der Waals surface area contributed by atoms with Crippen molar-refractivity contribution < 1.29 is 19.1 Å². The number of aryl methyl sites for hydroxylation is 1. The first-order valence-corrected chi connectivity index (χ1v) is 9.86. The van der Waals surface area contributed by atoms with Gasteiger partial charge in [-0.15, -0.1) is 0 Å². The summed E-state index contributed by atoms with van der Waals surface area (Å²) in [6.07, 6.45) is 5.09. The van der Waals surface area contributed by atoms with Crippen LogP contribution in [0.1, 0.15) is 25.3 Å². The molecule has 2 N–H and O–H groups in total. The van der Waals surface area contributed by atoms with Gasteiger partial charge >= 0.3 is 0 Å². The number of nitrogens with one attached hydrogen (secondary N) is 1. The van der Waals surface area contributed by atoms with Crippen molar-refractivity contribution in [2.24, 2.45) is 0 Å². The number of carbonyl (C=O) groups is 1. The van der Waals surface area contributed by atoms with Crippen LogP contribution in [0.5, 0.6) is 0 Å². The van der Waals surface area contributed by atoms with Crippen molar-refractivity contribution in [2.45, 2.75) is 32.3 Å². The van der Waals surface area contributed by atoms with Crippen LogP contribution in [0.3, 0.4) is 0 Å². The average Bonchev–Trinajstić information content (AvgIpc) is 2.79. The maximum Gasteiger partial charge on any atom is 0.245 e. The number of hydroxylamine groups is 1. The Bertz CT molecular complexity index is 859. The van der Waals surface area contributed by atoms with E-state index in [4.69, 9.17) is 9.94 Å². The number of hydrogen-bond acceptors (Lipinski definition) is 4. The molecule has 0 radical (unpaired) electrons. The standard InChI is InChI=1S/C18H22N2O3.C6H5F/c1-2-23-17(13-18(21)20-22)8-5-14-3-6-15(7-4-14)16-9-11-19-12-10-16;7-6-4-2-1-3-5-6/h3-4,6-7,9-12,17,22H,2,5,8,13H2,1H3,(H,20,21);1-5H. The Morgan fingerprint density at radius 3 is 2.20 bits per heavy atom. The van der Waals surface area contributed by atoms with Gasteiger partial charge in [0.1, 0.15) is 5.82 Å². The lowest BCUT2D eigenvalue weighted by Crippen LogP contribution is -2.26. The molecule has 1 unspecified atom stereocenters. The topological polar surface area (TPSA) is 71.5 Å². The molecule has 5 nitrogen and oxygen atoms in total. The van der Waals surface area contributed by atoms with Crippen molar-refractivity contribution >= 4 is 5.91 Å². The zero-order valence-electron chi connectivity index (χ0n) is 17.0. The number of ether oxygens (including phenoxy) is 1. The fourth-order valence-corrected chi connectivity index (χ4v) is 2.88. The molecule has 0 fully saturated rings. The first kappa shape index (κ1) is 23.2. The Kier molecular flexibility index (Phi) is 10.2. The van der Waals surface area contributed by atoms with E-state index < -0.39 is 5.91 Å². The molecule has 1 heterocycles. The van der Waals surface area contributed by atoms with E-state index in [-0.39, 0.29) is 18.3 Å². The minimum absolute atomic E-state index is 0.166. The van der Waals surface area contributed by atoms with E-state index >= 15 is 0 Å². The van der Waals surface area contributed by atoms with Crippen molar-refractivity contribution in [1.82, 2.24) is 10.5 Å². The van der Waals surface area contributed by atoms with Crippen LogP contribution in [0.25, 0.3) is 11.1 Å². The number of amides is 1. The number of pyridine rings is 1. The third kappa shape index (κ3) is 8.51. The van der Waals surface area contributed by atoms with E-state index in [1.165, 1.54) is 17.7 Å². The van der Waals surface area contributed by atoms with Crippen molar-refractivity contribution in [1.29, 1.82) is 0 Å². The predicted molar refractivity (Wildman–Crippen MR) is 114 cm³/mol. The average molecular weight is 410 g/mol. The lowest BCUT2D eigenvalue weighted by atomic mass is 10.0. The zero-order valence-corrected chi connectivity index (χ0v) is 17.0. The number of rotatable bonds is 8. The predicted octanol–water partition coefficient (Wildman–Crippen LogP) is 4.81. The van der Waals surface area contributed by atoms with Gasteiger partial charge in [-0.05, 0) is 60.7 Å². The summed E-state index contributed by atoms with van der Waals surface area (Å²) >= 11 is 0. The molecule has 158 valence electrons. The number of aromatic nitrogens is 1. The molecule has 1 amide bonds. The summed E-state index contributed by atoms with van der Waals surface area (Å²) in [5, 5.41) is 8.62. The summed E-state index contributed by atoms with van der Waals surface area (Å²) < 4.78 is 17.5. The molecule has 0 aliphatic rings. The van der Waals surface area contributed by atoms with Crippen molar-refractivity contribution in [3.8, 4) is 11.1 Å². The van der Waals surface area contributed by atoms with Crippen molar-refractivity contribution in [2.75, 3.05) is 6.61 Å². The smallest absolute Gasteiger partial charge is 0.245 e. The van der Waals surface area contributed by atoms with Crippen LogP contribution >= 0.6 is 0 Å². The van der Waals surface area contributed by atoms with Gasteiger partial charge in [0.2, 0.25) is 5.91 Å². The van der Waals surface area contributed by atoms with Gasteiger partial charge < -0.3 is 4.74 Å². The SMILES string of the molecule is CCOC(CCc1ccc(-c2ccncc2)cc1)CC(=O)NO.Fc1ccccc1. The van der Waals surface area contributed by atoms with Gasteiger partial charge in [-0.25, -0.2) is 9.87 Å². The summed E-state index contributed by atoms with van der Waals surface area (Å²) in [6.45, 7) is 2.44. The van der Waals surface area contributed by atoms with Crippen LogP contribution in [0.4, 0.5) is 4.39 Å². The Morgan fingerprint density at radius 1 is 1.03 bits per heavy atom. The van der Waals surface area contributed by atoms with Crippen molar-refractivity contribution in [3.63, 3.8) is 0 Å². The molecule has 0 aliphatic carbocycles. The third-order valence-corrected chi connectivity index (χ3v) is 4.40. The fourth-order valence-electron chi connectivity index (χ4n) is 2.88. The molecule has 1 atom stereocenters. The molecule has 0 bridgehead atoms. The van der Waals surface area contributed by atoms with E-state index in [1.54, 1.807) is 36.1 Å². The van der Waals surface area contributed by atoms with Gasteiger partial charge in [0.15, 0.2) is 0 Å². The lowest BCUT2D eigenvalue weighted by Gasteiger charge is -2.16. The molecule has 2 aromatic carbocycles. The van der Waals surface area contributed by atoms with E-state index in [9.17, 15) is 9.18 Å². The molecule has 0 saturated carbocycles. The first-order valence-electron chi connectivity index (χ1n) is 9.86.